The van der Waals surface area contributed by atoms with Crippen molar-refractivity contribution in [2.24, 2.45) is 0 Å². The average molecular weight is 186 g/mol. The topological polar surface area (TPSA) is 40.5 Å². The summed E-state index contributed by atoms with van der Waals surface area (Å²) in [5.74, 6) is -1.03. The van der Waals surface area contributed by atoms with Gasteiger partial charge in [-0.3, -0.25) is 4.79 Å². The first-order valence-electron chi connectivity index (χ1n) is 2.80. The lowest BCUT2D eigenvalue weighted by molar-refractivity contribution is -0.145. The molecule has 5 heteroatoms. The molecule has 1 atom stereocenters. The van der Waals surface area contributed by atoms with E-state index in [9.17, 15) is 4.79 Å². The maximum atomic E-state index is 10.5. The Labute approximate surface area is 69.7 Å². The highest BCUT2D eigenvalue weighted by Crippen LogP contribution is 2.23. The predicted molar refractivity (Wildman–Crippen MR) is 39.9 cm³/mol. The molecule has 0 aliphatic carbocycles. The van der Waals surface area contributed by atoms with Crippen LogP contribution in [0.5, 0.6) is 0 Å². The number of aliphatic carboxylic acids is 1. The van der Waals surface area contributed by atoms with E-state index in [-0.39, 0.29) is 0 Å². The molecule has 60 valence electrons. The van der Waals surface area contributed by atoms with Crippen LogP contribution in [0.2, 0.25) is 0 Å². The highest BCUT2D eigenvalue weighted by atomic mass is 35.5. The van der Waals surface area contributed by atoms with Crippen molar-refractivity contribution in [3.63, 3.8) is 0 Å². The summed E-state index contributed by atoms with van der Waals surface area (Å²) in [6.45, 7) is 3.15. The third-order valence-electron chi connectivity index (χ3n) is 1.52. The number of carboxylic acid groups (broad SMARTS) is 1. The van der Waals surface area contributed by atoms with Crippen molar-refractivity contribution < 1.29 is 9.90 Å². The SMILES string of the molecule is CCC(C)(C(=O)O)N(Cl)Cl. The molecule has 0 bridgehead atoms. The van der Waals surface area contributed by atoms with E-state index in [1.54, 1.807) is 6.92 Å². The molecule has 0 spiro atoms. The summed E-state index contributed by atoms with van der Waals surface area (Å²) < 4.78 is 0.662. The van der Waals surface area contributed by atoms with E-state index in [0.29, 0.717) is 10.4 Å². The minimum absolute atomic E-state index is 0.356. The summed E-state index contributed by atoms with van der Waals surface area (Å²) in [6.07, 6.45) is 0.356. The number of hydrogen-bond donors (Lipinski definition) is 1. The van der Waals surface area contributed by atoms with Gasteiger partial charge in [-0.05, 0) is 36.9 Å². The van der Waals surface area contributed by atoms with Gasteiger partial charge in [0.15, 0.2) is 0 Å². The Balaban J connectivity index is 4.38. The summed E-state index contributed by atoms with van der Waals surface area (Å²) in [4.78, 5) is 10.5. The second-order valence-corrected chi connectivity index (χ2v) is 3.01. The highest BCUT2D eigenvalue weighted by molar-refractivity contribution is 6.35. The van der Waals surface area contributed by atoms with E-state index in [1.807, 2.05) is 0 Å². The number of nitrogens with zero attached hydrogens (tertiary/aromatic N) is 1. The number of carbonyl (C=O) groups is 1. The fourth-order valence-corrected chi connectivity index (χ4v) is 0.727. The Hall–Kier alpha value is 0.01000. The number of rotatable bonds is 3. The molecule has 3 nitrogen and oxygen atoms in total. The van der Waals surface area contributed by atoms with E-state index < -0.39 is 11.5 Å². The van der Waals surface area contributed by atoms with Crippen LogP contribution in [0.15, 0.2) is 0 Å². The Kier molecular flexibility index (Phi) is 3.42. The molecule has 0 fully saturated rings. The van der Waals surface area contributed by atoms with Gasteiger partial charge in [0.1, 0.15) is 5.54 Å². The van der Waals surface area contributed by atoms with Crippen LogP contribution < -0.4 is 0 Å². The summed E-state index contributed by atoms with van der Waals surface area (Å²) in [5.41, 5.74) is -1.18. The quantitative estimate of drug-likeness (QED) is 0.683. The summed E-state index contributed by atoms with van der Waals surface area (Å²) in [7, 11) is 0. The number of carboxylic acids is 1. The van der Waals surface area contributed by atoms with E-state index in [2.05, 4.69) is 0 Å². The largest absolute Gasteiger partial charge is 0.480 e. The fraction of sp³-hybridized carbons (Fsp3) is 0.800. The van der Waals surface area contributed by atoms with Gasteiger partial charge in [-0.2, -0.15) is 0 Å². The maximum absolute atomic E-state index is 10.5. The average Bonchev–Trinajstić information content (AvgIpc) is 1.85. The van der Waals surface area contributed by atoms with Crippen LogP contribution in [-0.2, 0) is 4.79 Å². The zero-order valence-electron chi connectivity index (χ0n) is 5.77. The van der Waals surface area contributed by atoms with Gasteiger partial charge < -0.3 is 5.11 Å². The molecule has 0 saturated carbocycles. The standard InChI is InChI=1S/C5H9Cl2NO2/c1-3-5(2,4(9)10)8(6)7/h3H2,1-2H3,(H,9,10). The minimum atomic E-state index is -1.18. The van der Waals surface area contributed by atoms with E-state index in [1.165, 1.54) is 6.92 Å². The zero-order valence-corrected chi connectivity index (χ0v) is 7.28. The molecular formula is C5H9Cl2NO2. The van der Waals surface area contributed by atoms with E-state index >= 15 is 0 Å². The number of hydrogen-bond acceptors (Lipinski definition) is 2. The molecule has 0 aliphatic heterocycles. The van der Waals surface area contributed by atoms with Crippen molar-refractivity contribution >= 4 is 29.5 Å². The van der Waals surface area contributed by atoms with Crippen LogP contribution in [0, 0.1) is 0 Å². The first kappa shape index (κ1) is 10.0. The van der Waals surface area contributed by atoms with Crippen molar-refractivity contribution in [3.8, 4) is 0 Å². The van der Waals surface area contributed by atoms with E-state index in [4.69, 9.17) is 28.7 Å². The van der Waals surface area contributed by atoms with Crippen LogP contribution in [0.1, 0.15) is 20.3 Å². The molecule has 0 radical (unpaired) electrons. The van der Waals surface area contributed by atoms with Crippen LogP contribution in [-0.4, -0.2) is 20.6 Å². The monoisotopic (exact) mass is 185 g/mol. The lowest BCUT2D eigenvalue weighted by atomic mass is 10.0. The van der Waals surface area contributed by atoms with Gasteiger partial charge in [-0.15, -0.1) is 3.94 Å². The molecule has 0 aliphatic rings. The van der Waals surface area contributed by atoms with Gasteiger partial charge in [-0.1, -0.05) is 6.92 Å². The Morgan fingerprint density at radius 2 is 2.10 bits per heavy atom. The zero-order chi connectivity index (χ0) is 8.36. The molecule has 1 N–H and O–H groups in total. The Morgan fingerprint density at radius 3 is 2.10 bits per heavy atom. The molecule has 0 rings (SSSR count). The third-order valence-corrected chi connectivity index (χ3v) is 2.27. The third kappa shape index (κ3) is 1.75. The molecule has 0 amide bonds. The van der Waals surface area contributed by atoms with Crippen LogP contribution >= 0.6 is 23.6 Å². The van der Waals surface area contributed by atoms with Gasteiger partial charge in [0.05, 0.1) is 0 Å². The molecule has 0 saturated heterocycles. The van der Waals surface area contributed by atoms with Crippen LogP contribution in [0.25, 0.3) is 0 Å². The van der Waals surface area contributed by atoms with Crippen LogP contribution in [0.3, 0.4) is 0 Å². The first-order chi connectivity index (χ1) is 4.45. The highest BCUT2D eigenvalue weighted by Gasteiger charge is 2.36. The van der Waals surface area contributed by atoms with E-state index in [0.717, 1.165) is 0 Å². The minimum Gasteiger partial charge on any atom is -0.480 e. The van der Waals surface area contributed by atoms with Crippen molar-refractivity contribution in [3.05, 3.63) is 0 Å². The molecule has 1 unspecified atom stereocenters. The van der Waals surface area contributed by atoms with Crippen molar-refractivity contribution in [2.45, 2.75) is 25.8 Å². The van der Waals surface area contributed by atoms with Gasteiger partial charge in [0.25, 0.3) is 0 Å². The smallest absolute Gasteiger partial charge is 0.326 e. The molecular weight excluding hydrogens is 177 g/mol. The van der Waals surface area contributed by atoms with Crippen molar-refractivity contribution in [1.82, 2.24) is 3.94 Å². The second-order valence-electron chi connectivity index (χ2n) is 2.17. The lowest BCUT2D eigenvalue weighted by Crippen LogP contribution is -2.42. The fourth-order valence-electron chi connectivity index (χ4n) is 0.343. The second kappa shape index (κ2) is 3.42. The normalized spacial score (nSPS) is 16.9. The summed E-state index contributed by atoms with van der Waals surface area (Å²) in [6, 6.07) is 0. The summed E-state index contributed by atoms with van der Waals surface area (Å²) >= 11 is 10.6. The van der Waals surface area contributed by atoms with Gasteiger partial charge >= 0.3 is 5.97 Å². The molecule has 0 heterocycles. The van der Waals surface area contributed by atoms with Crippen molar-refractivity contribution in [2.75, 3.05) is 0 Å². The molecule has 0 aromatic heterocycles. The lowest BCUT2D eigenvalue weighted by Gasteiger charge is -2.25. The predicted octanol–water partition coefficient (Wildman–Crippen LogP) is 1.85. The Morgan fingerprint density at radius 1 is 1.70 bits per heavy atom. The van der Waals surface area contributed by atoms with Crippen molar-refractivity contribution in [1.29, 1.82) is 0 Å². The van der Waals surface area contributed by atoms with Gasteiger partial charge in [0.2, 0.25) is 0 Å². The van der Waals surface area contributed by atoms with Gasteiger partial charge in [-0.25, -0.2) is 0 Å². The molecule has 10 heavy (non-hydrogen) atoms. The van der Waals surface area contributed by atoms with Gasteiger partial charge in [0, 0.05) is 0 Å². The first-order valence-corrected chi connectivity index (χ1v) is 3.48. The molecule has 0 aromatic rings. The Bertz CT molecular complexity index is 140. The van der Waals surface area contributed by atoms with Crippen LogP contribution in [0.4, 0.5) is 0 Å². The maximum Gasteiger partial charge on any atom is 0.326 e. The number of halogens is 2. The molecule has 0 aromatic carbocycles. The summed E-state index contributed by atoms with van der Waals surface area (Å²) in [5, 5.41) is 8.59.